The van der Waals surface area contributed by atoms with Gasteiger partial charge in [0, 0.05) is 13.1 Å². The maximum atomic E-state index is 12.4. The monoisotopic (exact) mass is 256 g/mol. The summed E-state index contributed by atoms with van der Waals surface area (Å²) >= 11 is 0. The molecule has 0 spiro atoms. The van der Waals surface area contributed by atoms with Gasteiger partial charge in [-0.25, -0.2) is 8.42 Å². The molecule has 0 aliphatic rings. The molecule has 0 saturated heterocycles. The molecular formula is C12H20N2O2S. The van der Waals surface area contributed by atoms with E-state index in [4.69, 9.17) is 5.73 Å². The first-order valence-electron chi connectivity index (χ1n) is 5.72. The Morgan fingerprint density at radius 2 is 1.59 bits per heavy atom. The van der Waals surface area contributed by atoms with E-state index in [1.54, 1.807) is 13.0 Å². The zero-order valence-corrected chi connectivity index (χ0v) is 11.6. The van der Waals surface area contributed by atoms with Gasteiger partial charge in [-0.1, -0.05) is 26.0 Å². The molecule has 0 unspecified atom stereocenters. The normalized spacial score (nSPS) is 12.1. The second-order valence-corrected chi connectivity index (χ2v) is 5.91. The Morgan fingerprint density at radius 1 is 1.12 bits per heavy atom. The summed E-state index contributed by atoms with van der Waals surface area (Å²) in [6.07, 6.45) is 0. The predicted octanol–water partition coefficient (Wildman–Crippen LogP) is 1.92. The third kappa shape index (κ3) is 2.45. The van der Waals surface area contributed by atoms with Crippen LogP contribution in [0.5, 0.6) is 0 Å². The van der Waals surface area contributed by atoms with Crippen LogP contribution in [-0.4, -0.2) is 25.8 Å². The number of aryl methyl sites for hydroxylation is 2. The van der Waals surface area contributed by atoms with Gasteiger partial charge in [-0.2, -0.15) is 4.31 Å². The Labute approximate surface area is 103 Å². The van der Waals surface area contributed by atoms with Gasteiger partial charge >= 0.3 is 0 Å². The topological polar surface area (TPSA) is 63.4 Å². The fraction of sp³-hybridized carbons (Fsp3) is 0.500. The lowest BCUT2D eigenvalue weighted by Crippen LogP contribution is -2.31. The van der Waals surface area contributed by atoms with Crippen molar-refractivity contribution in [1.29, 1.82) is 0 Å². The molecule has 0 heterocycles. The number of nitrogens with zero attached hydrogens (tertiary/aromatic N) is 1. The van der Waals surface area contributed by atoms with E-state index in [1.165, 1.54) is 4.31 Å². The van der Waals surface area contributed by atoms with Gasteiger partial charge in [-0.15, -0.1) is 0 Å². The molecule has 1 rings (SSSR count). The maximum absolute atomic E-state index is 12.4. The molecule has 1 aromatic carbocycles. The minimum absolute atomic E-state index is 0.251. The van der Waals surface area contributed by atoms with Gasteiger partial charge in [0.15, 0.2) is 0 Å². The number of nitrogens with two attached hydrogens (primary N) is 1. The zero-order chi connectivity index (χ0) is 13.2. The van der Waals surface area contributed by atoms with Crippen LogP contribution in [0.4, 0.5) is 5.69 Å². The Hall–Kier alpha value is -1.07. The van der Waals surface area contributed by atoms with E-state index in [-0.39, 0.29) is 4.90 Å². The third-order valence-corrected chi connectivity index (χ3v) is 5.17. The van der Waals surface area contributed by atoms with Crippen molar-refractivity contribution in [2.24, 2.45) is 0 Å². The highest BCUT2D eigenvalue weighted by molar-refractivity contribution is 7.89. The molecule has 0 amide bonds. The number of hydrogen-bond donors (Lipinski definition) is 1. The molecule has 0 fully saturated rings. The van der Waals surface area contributed by atoms with Crippen molar-refractivity contribution in [3.8, 4) is 0 Å². The second-order valence-electron chi connectivity index (χ2n) is 4.03. The third-order valence-electron chi connectivity index (χ3n) is 2.91. The number of anilines is 1. The first-order chi connectivity index (χ1) is 7.86. The van der Waals surface area contributed by atoms with Crippen molar-refractivity contribution in [3.05, 3.63) is 23.3 Å². The van der Waals surface area contributed by atoms with Gasteiger partial charge in [0.1, 0.15) is 4.90 Å². The lowest BCUT2D eigenvalue weighted by molar-refractivity contribution is 0.445. The van der Waals surface area contributed by atoms with Crippen molar-refractivity contribution in [2.75, 3.05) is 18.8 Å². The molecule has 0 bridgehead atoms. The standard InChI is InChI=1S/C12H20N2O2S/c1-5-14(6-2)17(15,16)12-10(4)8-7-9(3)11(12)13/h7-8H,5-6,13H2,1-4H3. The molecule has 17 heavy (non-hydrogen) atoms. The zero-order valence-electron chi connectivity index (χ0n) is 10.8. The van der Waals surface area contributed by atoms with Gasteiger partial charge < -0.3 is 5.73 Å². The van der Waals surface area contributed by atoms with Crippen molar-refractivity contribution >= 4 is 15.7 Å². The van der Waals surface area contributed by atoms with Crippen LogP contribution in [0.2, 0.25) is 0 Å². The Kier molecular flexibility index (Phi) is 4.16. The molecule has 0 aliphatic carbocycles. The minimum Gasteiger partial charge on any atom is -0.397 e. The first-order valence-corrected chi connectivity index (χ1v) is 7.16. The van der Waals surface area contributed by atoms with Gasteiger partial charge in [-0.05, 0) is 25.0 Å². The predicted molar refractivity (Wildman–Crippen MR) is 70.4 cm³/mol. The molecule has 2 N–H and O–H groups in total. The van der Waals surface area contributed by atoms with E-state index in [9.17, 15) is 8.42 Å². The summed E-state index contributed by atoms with van der Waals surface area (Å²) in [6.45, 7) is 8.13. The van der Waals surface area contributed by atoms with E-state index in [0.717, 1.165) is 5.56 Å². The smallest absolute Gasteiger partial charge is 0.245 e. The highest BCUT2D eigenvalue weighted by Crippen LogP contribution is 2.28. The molecule has 0 atom stereocenters. The summed E-state index contributed by atoms with van der Waals surface area (Å²) in [5, 5.41) is 0. The summed E-state index contributed by atoms with van der Waals surface area (Å²) in [4.78, 5) is 0.251. The van der Waals surface area contributed by atoms with Crippen LogP contribution < -0.4 is 5.73 Å². The quantitative estimate of drug-likeness (QED) is 0.837. The minimum atomic E-state index is -3.48. The van der Waals surface area contributed by atoms with Crippen LogP contribution in [0.1, 0.15) is 25.0 Å². The number of rotatable bonds is 4. The molecule has 96 valence electrons. The van der Waals surface area contributed by atoms with Crippen LogP contribution in [0.3, 0.4) is 0 Å². The fourth-order valence-corrected chi connectivity index (χ4v) is 3.69. The molecule has 4 nitrogen and oxygen atoms in total. The van der Waals surface area contributed by atoms with Crippen molar-refractivity contribution in [3.63, 3.8) is 0 Å². The van der Waals surface area contributed by atoms with E-state index in [2.05, 4.69) is 0 Å². The number of hydrogen-bond acceptors (Lipinski definition) is 3. The summed E-state index contributed by atoms with van der Waals surface area (Å²) < 4.78 is 26.3. The lowest BCUT2D eigenvalue weighted by Gasteiger charge is -2.21. The molecule has 1 aromatic rings. The molecular weight excluding hydrogens is 236 g/mol. The van der Waals surface area contributed by atoms with Gasteiger partial charge in [0.25, 0.3) is 0 Å². The second kappa shape index (κ2) is 5.06. The summed E-state index contributed by atoms with van der Waals surface area (Å²) in [5.41, 5.74) is 7.76. The Morgan fingerprint density at radius 3 is 2.06 bits per heavy atom. The van der Waals surface area contributed by atoms with E-state index in [0.29, 0.717) is 24.3 Å². The van der Waals surface area contributed by atoms with Crippen molar-refractivity contribution in [1.82, 2.24) is 4.31 Å². The van der Waals surface area contributed by atoms with Crippen LogP contribution in [-0.2, 0) is 10.0 Å². The maximum Gasteiger partial charge on any atom is 0.245 e. The van der Waals surface area contributed by atoms with Crippen molar-refractivity contribution in [2.45, 2.75) is 32.6 Å². The molecule has 0 aromatic heterocycles. The average Bonchev–Trinajstić information content (AvgIpc) is 2.25. The van der Waals surface area contributed by atoms with Gasteiger partial charge in [-0.3, -0.25) is 0 Å². The number of benzene rings is 1. The fourth-order valence-electron chi connectivity index (χ4n) is 1.84. The Balaban J connectivity index is 3.48. The van der Waals surface area contributed by atoms with Crippen LogP contribution >= 0.6 is 0 Å². The molecule has 0 aliphatic heterocycles. The van der Waals surface area contributed by atoms with Gasteiger partial charge in [0.2, 0.25) is 10.0 Å². The summed E-state index contributed by atoms with van der Waals surface area (Å²) in [6, 6.07) is 3.63. The highest BCUT2D eigenvalue weighted by Gasteiger charge is 2.26. The Bertz CT molecular complexity index is 505. The summed E-state index contributed by atoms with van der Waals surface area (Å²) in [7, 11) is -3.48. The SMILES string of the molecule is CCN(CC)S(=O)(=O)c1c(C)ccc(C)c1N. The molecule has 0 radical (unpaired) electrons. The lowest BCUT2D eigenvalue weighted by atomic mass is 10.1. The average molecular weight is 256 g/mol. The van der Waals surface area contributed by atoms with E-state index in [1.807, 2.05) is 26.8 Å². The van der Waals surface area contributed by atoms with Crippen LogP contribution in [0.25, 0.3) is 0 Å². The number of nitrogen functional groups attached to an aromatic ring is 1. The first kappa shape index (κ1) is 14.0. The number of sulfonamides is 1. The van der Waals surface area contributed by atoms with Crippen molar-refractivity contribution < 1.29 is 8.42 Å². The van der Waals surface area contributed by atoms with Crippen LogP contribution in [0.15, 0.2) is 17.0 Å². The van der Waals surface area contributed by atoms with E-state index >= 15 is 0 Å². The van der Waals surface area contributed by atoms with Crippen LogP contribution in [0, 0.1) is 13.8 Å². The summed E-state index contributed by atoms with van der Waals surface area (Å²) in [5.74, 6) is 0. The molecule has 0 saturated carbocycles. The van der Waals surface area contributed by atoms with E-state index < -0.39 is 10.0 Å². The van der Waals surface area contributed by atoms with Gasteiger partial charge in [0.05, 0.1) is 5.69 Å². The largest absolute Gasteiger partial charge is 0.397 e. The highest BCUT2D eigenvalue weighted by atomic mass is 32.2. The molecule has 5 heteroatoms.